The highest BCUT2D eigenvalue weighted by Crippen LogP contribution is 2.29. The Balaban J connectivity index is 1.88. The average Bonchev–Trinajstić information content (AvgIpc) is 2.77. The van der Waals surface area contributed by atoms with Gasteiger partial charge in [0.25, 0.3) is 0 Å². The molecular formula is C13H15BrN2O3S2. The summed E-state index contributed by atoms with van der Waals surface area (Å²) < 4.78 is 33.0. The molecule has 0 radical (unpaired) electrons. The Kier molecular flexibility index (Phi) is 5.26. The van der Waals surface area contributed by atoms with Crippen LogP contribution in [0.4, 0.5) is 5.69 Å². The molecule has 0 spiro atoms. The summed E-state index contributed by atoms with van der Waals surface area (Å²) in [5.41, 5.74) is 6.22. The average molecular weight is 391 g/mol. The van der Waals surface area contributed by atoms with Gasteiger partial charge in [0.15, 0.2) is 0 Å². The number of hydrogen-bond donors (Lipinski definition) is 2. The third-order valence-corrected chi connectivity index (χ3v) is 5.94. The van der Waals surface area contributed by atoms with Gasteiger partial charge in [-0.3, -0.25) is 0 Å². The van der Waals surface area contributed by atoms with E-state index in [9.17, 15) is 8.42 Å². The van der Waals surface area contributed by atoms with Gasteiger partial charge in [0, 0.05) is 17.1 Å². The van der Waals surface area contributed by atoms with E-state index < -0.39 is 10.0 Å². The van der Waals surface area contributed by atoms with Gasteiger partial charge >= 0.3 is 0 Å². The normalized spacial score (nSPS) is 11.5. The van der Waals surface area contributed by atoms with Crippen LogP contribution in [-0.4, -0.2) is 21.6 Å². The number of sulfonamides is 1. The smallest absolute Gasteiger partial charge is 0.241 e. The maximum atomic E-state index is 12.1. The Hall–Kier alpha value is -1.09. The molecule has 0 aliphatic carbocycles. The molecule has 8 heteroatoms. The minimum absolute atomic E-state index is 0.194. The molecule has 1 aromatic heterocycles. The second kappa shape index (κ2) is 6.78. The Morgan fingerprint density at radius 3 is 2.57 bits per heavy atom. The van der Waals surface area contributed by atoms with Gasteiger partial charge in [0.2, 0.25) is 10.0 Å². The Bertz CT molecular complexity index is 712. The summed E-state index contributed by atoms with van der Waals surface area (Å²) >= 11 is 4.67. The molecule has 0 saturated carbocycles. The molecular weight excluding hydrogens is 376 g/mol. The lowest BCUT2D eigenvalue weighted by atomic mass is 10.3. The summed E-state index contributed by atoms with van der Waals surface area (Å²) in [5, 5.41) is 0. The Morgan fingerprint density at radius 2 is 2.00 bits per heavy atom. The van der Waals surface area contributed by atoms with Crippen LogP contribution in [0.2, 0.25) is 0 Å². The SMILES string of the molecule is Cc1sc(Br)cc1S(=O)(=O)NCCOc1ccc(N)cc1. The van der Waals surface area contributed by atoms with Gasteiger partial charge in [-0.2, -0.15) is 0 Å². The van der Waals surface area contributed by atoms with E-state index in [1.54, 1.807) is 37.3 Å². The topological polar surface area (TPSA) is 81.4 Å². The molecule has 0 fully saturated rings. The minimum Gasteiger partial charge on any atom is -0.492 e. The summed E-state index contributed by atoms with van der Waals surface area (Å²) in [4.78, 5) is 1.04. The zero-order valence-corrected chi connectivity index (χ0v) is 14.5. The fourth-order valence-corrected chi connectivity index (χ4v) is 5.11. The van der Waals surface area contributed by atoms with E-state index in [1.807, 2.05) is 0 Å². The number of nitrogens with one attached hydrogen (secondary N) is 1. The van der Waals surface area contributed by atoms with Crippen molar-refractivity contribution in [3.8, 4) is 5.75 Å². The number of nitrogen functional groups attached to an aromatic ring is 1. The van der Waals surface area contributed by atoms with Crippen molar-refractivity contribution in [3.63, 3.8) is 0 Å². The number of benzene rings is 1. The van der Waals surface area contributed by atoms with Gasteiger partial charge < -0.3 is 10.5 Å². The third kappa shape index (κ3) is 4.44. The summed E-state index contributed by atoms with van der Waals surface area (Å²) in [6, 6.07) is 8.54. The van der Waals surface area contributed by atoms with Crippen LogP contribution < -0.4 is 15.2 Å². The molecule has 2 aromatic rings. The quantitative estimate of drug-likeness (QED) is 0.586. The van der Waals surface area contributed by atoms with E-state index in [0.717, 1.165) is 8.66 Å². The van der Waals surface area contributed by atoms with E-state index in [0.29, 0.717) is 16.3 Å². The lowest BCUT2D eigenvalue weighted by molar-refractivity contribution is 0.323. The van der Waals surface area contributed by atoms with Crippen LogP contribution in [-0.2, 0) is 10.0 Å². The number of nitrogens with two attached hydrogens (primary N) is 1. The van der Waals surface area contributed by atoms with Gasteiger partial charge in [-0.15, -0.1) is 11.3 Å². The highest BCUT2D eigenvalue weighted by atomic mass is 79.9. The maximum absolute atomic E-state index is 12.1. The van der Waals surface area contributed by atoms with Gasteiger partial charge in [-0.1, -0.05) is 0 Å². The molecule has 3 N–H and O–H groups in total. The van der Waals surface area contributed by atoms with Gasteiger partial charge in [-0.25, -0.2) is 13.1 Å². The summed E-state index contributed by atoms with van der Waals surface area (Å²) in [6.07, 6.45) is 0. The molecule has 0 saturated heterocycles. The first-order valence-electron chi connectivity index (χ1n) is 6.12. The monoisotopic (exact) mass is 390 g/mol. The molecule has 5 nitrogen and oxygen atoms in total. The molecule has 21 heavy (non-hydrogen) atoms. The van der Waals surface area contributed by atoms with Crippen molar-refractivity contribution >= 4 is 43.0 Å². The van der Waals surface area contributed by atoms with E-state index >= 15 is 0 Å². The van der Waals surface area contributed by atoms with Gasteiger partial charge in [0.1, 0.15) is 12.4 Å². The molecule has 0 unspecified atom stereocenters. The number of halogens is 1. The molecule has 0 aliphatic rings. The lowest BCUT2D eigenvalue weighted by Crippen LogP contribution is -2.28. The maximum Gasteiger partial charge on any atom is 0.241 e. The van der Waals surface area contributed by atoms with Crippen LogP contribution in [0.5, 0.6) is 5.75 Å². The zero-order chi connectivity index (χ0) is 15.5. The van der Waals surface area contributed by atoms with E-state index in [1.165, 1.54) is 11.3 Å². The van der Waals surface area contributed by atoms with E-state index in [-0.39, 0.29) is 13.2 Å². The summed E-state index contributed by atoms with van der Waals surface area (Å²) in [5.74, 6) is 0.651. The summed E-state index contributed by atoms with van der Waals surface area (Å²) in [6.45, 7) is 2.21. The van der Waals surface area contributed by atoms with Crippen molar-refractivity contribution < 1.29 is 13.2 Å². The fraction of sp³-hybridized carbons (Fsp3) is 0.231. The lowest BCUT2D eigenvalue weighted by Gasteiger charge is -2.08. The zero-order valence-electron chi connectivity index (χ0n) is 11.3. The Morgan fingerprint density at radius 1 is 1.33 bits per heavy atom. The molecule has 1 aromatic carbocycles. The second-order valence-corrected chi connectivity index (χ2v) is 8.66. The number of anilines is 1. The van der Waals surface area contributed by atoms with E-state index in [2.05, 4.69) is 20.7 Å². The number of thiophene rings is 1. The van der Waals surface area contributed by atoms with Crippen LogP contribution in [0, 0.1) is 6.92 Å². The van der Waals surface area contributed by atoms with Crippen molar-refractivity contribution in [2.45, 2.75) is 11.8 Å². The van der Waals surface area contributed by atoms with Crippen molar-refractivity contribution in [2.75, 3.05) is 18.9 Å². The highest BCUT2D eigenvalue weighted by molar-refractivity contribution is 9.11. The van der Waals surface area contributed by atoms with Crippen molar-refractivity contribution in [3.05, 3.63) is 39.0 Å². The molecule has 0 bridgehead atoms. The minimum atomic E-state index is -3.50. The molecule has 0 aliphatic heterocycles. The third-order valence-electron chi connectivity index (χ3n) is 2.67. The van der Waals surface area contributed by atoms with E-state index in [4.69, 9.17) is 10.5 Å². The molecule has 0 amide bonds. The highest BCUT2D eigenvalue weighted by Gasteiger charge is 2.18. The largest absolute Gasteiger partial charge is 0.492 e. The Labute approximate surface area is 136 Å². The van der Waals surface area contributed by atoms with Crippen LogP contribution >= 0.6 is 27.3 Å². The first-order chi connectivity index (χ1) is 9.88. The van der Waals surface area contributed by atoms with Crippen LogP contribution in [0.15, 0.2) is 39.0 Å². The van der Waals surface area contributed by atoms with Crippen LogP contribution in [0.25, 0.3) is 0 Å². The van der Waals surface area contributed by atoms with Crippen molar-refractivity contribution in [2.24, 2.45) is 0 Å². The first kappa shape index (κ1) is 16.3. The van der Waals surface area contributed by atoms with Gasteiger partial charge in [-0.05, 0) is 53.2 Å². The molecule has 2 rings (SSSR count). The van der Waals surface area contributed by atoms with Crippen molar-refractivity contribution in [1.29, 1.82) is 0 Å². The van der Waals surface area contributed by atoms with Crippen molar-refractivity contribution in [1.82, 2.24) is 4.72 Å². The predicted octanol–water partition coefficient (Wildman–Crippen LogP) is 2.76. The first-order valence-corrected chi connectivity index (χ1v) is 9.22. The second-order valence-electron chi connectivity index (χ2n) is 4.29. The van der Waals surface area contributed by atoms with Crippen LogP contribution in [0.1, 0.15) is 4.88 Å². The number of rotatable bonds is 6. The van der Waals surface area contributed by atoms with Gasteiger partial charge in [0.05, 0.1) is 8.68 Å². The fourth-order valence-electron chi connectivity index (χ4n) is 1.68. The molecule has 1 heterocycles. The standard InChI is InChI=1S/C13H15BrN2O3S2/c1-9-12(8-13(14)20-9)21(17,18)16-6-7-19-11-4-2-10(15)3-5-11/h2-5,8,16H,6-7,15H2,1H3. The summed E-state index contributed by atoms with van der Waals surface area (Å²) in [7, 11) is -3.50. The molecule has 114 valence electrons. The molecule has 0 atom stereocenters. The van der Waals surface area contributed by atoms with Crippen LogP contribution in [0.3, 0.4) is 0 Å². The number of aryl methyl sites for hydroxylation is 1. The predicted molar refractivity (Wildman–Crippen MR) is 88.3 cm³/mol. The number of hydrogen-bond acceptors (Lipinski definition) is 5. The number of ether oxygens (including phenoxy) is 1.